The molecule has 0 radical (unpaired) electrons. The van der Waals surface area contributed by atoms with Crippen LogP contribution >= 0.6 is 0 Å². The number of hydrogen-bond acceptors (Lipinski definition) is 4. The first kappa shape index (κ1) is 14.3. The summed E-state index contributed by atoms with van der Waals surface area (Å²) in [4.78, 5) is 4.45. The van der Waals surface area contributed by atoms with Crippen molar-refractivity contribution in [2.45, 2.75) is 13.0 Å². The lowest BCUT2D eigenvalue weighted by Gasteiger charge is -2.19. The monoisotopic (exact) mass is 272 g/mol. The van der Waals surface area contributed by atoms with Crippen LogP contribution in [0.5, 0.6) is 11.5 Å². The Bertz CT molecular complexity index is 584. The van der Waals surface area contributed by atoms with Crippen LogP contribution in [0.25, 0.3) is 0 Å². The molecule has 106 valence electrons. The summed E-state index contributed by atoms with van der Waals surface area (Å²) in [7, 11) is 5.25. The molecule has 2 rings (SSSR count). The van der Waals surface area contributed by atoms with Crippen LogP contribution in [0.2, 0.25) is 0 Å². The quantitative estimate of drug-likeness (QED) is 0.909. The first-order valence-electron chi connectivity index (χ1n) is 6.52. The van der Waals surface area contributed by atoms with Crippen molar-refractivity contribution in [2.75, 3.05) is 21.3 Å². The van der Waals surface area contributed by atoms with Gasteiger partial charge in [-0.1, -0.05) is 12.1 Å². The van der Waals surface area contributed by atoms with Crippen molar-refractivity contribution in [3.05, 3.63) is 53.3 Å². The molecule has 0 aliphatic heterocycles. The highest BCUT2D eigenvalue weighted by molar-refractivity contribution is 5.42. The van der Waals surface area contributed by atoms with Crippen LogP contribution in [0, 0.1) is 6.92 Å². The molecule has 0 amide bonds. The minimum Gasteiger partial charge on any atom is -0.496 e. The molecule has 0 spiro atoms. The van der Waals surface area contributed by atoms with Crippen LogP contribution in [0.15, 0.2) is 36.5 Å². The second kappa shape index (κ2) is 6.39. The molecule has 1 heterocycles. The predicted octanol–water partition coefficient (Wildman–Crippen LogP) is 2.72. The highest BCUT2D eigenvalue weighted by atomic mass is 16.5. The van der Waals surface area contributed by atoms with Crippen LogP contribution in [-0.4, -0.2) is 26.3 Å². The number of aryl methyl sites for hydroxylation is 1. The normalized spacial score (nSPS) is 12.0. The minimum atomic E-state index is -0.0411. The maximum Gasteiger partial charge on any atom is 0.142 e. The van der Waals surface area contributed by atoms with Gasteiger partial charge in [0.2, 0.25) is 0 Å². The van der Waals surface area contributed by atoms with Crippen LogP contribution < -0.4 is 14.8 Å². The fraction of sp³-hybridized carbons (Fsp3) is 0.312. The number of pyridine rings is 1. The van der Waals surface area contributed by atoms with E-state index in [9.17, 15) is 0 Å². The topological polar surface area (TPSA) is 43.4 Å². The number of nitrogens with zero attached hydrogens (tertiary/aromatic N) is 1. The van der Waals surface area contributed by atoms with Crippen LogP contribution in [0.1, 0.15) is 22.9 Å². The molecule has 1 N–H and O–H groups in total. The average molecular weight is 272 g/mol. The Morgan fingerprint density at radius 2 is 1.85 bits per heavy atom. The Morgan fingerprint density at radius 1 is 1.10 bits per heavy atom. The van der Waals surface area contributed by atoms with Crippen LogP contribution in [0.4, 0.5) is 0 Å². The van der Waals surface area contributed by atoms with Crippen molar-refractivity contribution in [1.29, 1.82) is 0 Å². The second-order valence-corrected chi connectivity index (χ2v) is 4.54. The zero-order chi connectivity index (χ0) is 14.5. The van der Waals surface area contributed by atoms with Gasteiger partial charge in [0.05, 0.1) is 20.3 Å². The molecule has 20 heavy (non-hydrogen) atoms. The zero-order valence-electron chi connectivity index (χ0n) is 12.3. The number of benzene rings is 1. The first-order chi connectivity index (χ1) is 9.71. The standard InChI is InChI=1S/C16H20N2O2/c1-11-7-8-12(10-14(11)20-4)15(17-2)16-13(19-3)6-5-9-18-16/h5-10,15,17H,1-4H3. The Balaban J connectivity index is 2.47. The summed E-state index contributed by atoms with van der Waals surface area (Å²) in [6.07, 6.45) is 1.77. The Hall–Kier alpha value is -2.07. The third-order valence-corrected chi connectivity index (χ3v) is 3.35. The van der Waals surface area contributed by atoms with Crippen molar-refractivity contribution in [1.82, 2.24) is 10.3 Å². The van der Waals surface area contributed by atoms with Gasteiger partial charge < -0.3 is 14.8 Å². The number of nitrogens with one attached hydrogen (secondary N) is 1. The summed E-state index contributed by atoms with van der Waals surface area (Å²) >= 11 is 0. The number of methoxy groups -OCH3 is 2. The molecule has 0 bridgehead atoms. The summed E-state index contributed by atoms with van der Waals surface area (Å²) in [5, 5.41) is 3.28. The molecular formula is C16H20N2O2. The third kappa shape index (κ3) is 2.75. The van der Waals surface area contributed by atoms with Crippen molar-refractivity contribution >= 4 is 0 Å². The molecule has 0 fully saturated rings. The first-order valence-corrected chi connectivity index (χ1v) is 6.52. The molecule has 1 aromatic heterocycles. The third-order valence-electron chi connectivity index (χ3n) is 3.35. The largest absolute Gasteiger partial charge is 0.496 e. The van der Waals surface area contributed by atoms with E-state index in [0.717, 1.165) is 28.3 Å². The summed E-state index contributed by atoms with van der Waals surface area (Å²) < 4.78 is 10.8. The number of ether oxygens (including phenoxy) is 2. The Morgan fingerprint density at radius 3 is 2.50 bits per heavy atom. The molecule has 1 aromatic carbocycles. The molecular weight excluding hydrogens is 252 g/mol. The van der Waals surface area contributed by atoms with E-state index in [1.54, 1.807) is 20.4 Å². The molecule has 0 saturated heterocycles. The van der Waals surface area contributed by atoms with Crippen molar-refractivity contribution in [2.24, 2.45) is 0 Å². The second-order valence-electron chi connectivity index (χ2n) is 4.54. The maximum absolute atomic E-state index is 5.40. The van der Waals surface area contributed by atoms with Crippen molar-refractivity contribution in [3.63, 3.8) is 0 Å². The van der Waals surface area contributed by atoms with Crippen molar-refractivity contribution in [3.8, 4) is 11.5 Å². The minimum absolute atomic E-state index is 0.0411. The van der Waals surface area contributed by atoms with E-state index >= 15 is 0 Å². The molecule has 0 aliphatic carbocycles. The molecule has 0 saturated carbocycles. The number of aromatic nitrogens is 1. The van der Waals surface area contributed by atoms with E-state index in [0.29, 0.717) is 0 Å². The fourth-order valence-electron chi connectivity index (χ4n) is 2.27. The van der Waals surface area contributed by atoms with E-state index in [-0.39, 0.29) is 6.04 Å². The van der Waals surface area contributed by atoms with Gasteiger partial charge in [-0.25, -0.2) is 0 Å². The van der Waals surface area contributed by atoms with Gasteiger partial charge in [-0.05, 0) is 43.3 Å². The van der Waals surface area contributed by atoms with Gasteiger partial charge in [0.15, 0.2) is 0 Å². The SMILES string of the molecule is CNC(c1ccc(C)c(OC)c1)c1ncccc1OC. The van der Waals surface area contributed by atoms with Gasteiger partial charge in [-0.15, -0.1) is 0 Å². The summed E-state index contributed by atoms with van der Waals surface area (Å²) in [6.45, 7) is 2.03. The lowest BCUT2D eigenvalue weighted by atomic mass is 10.0. The van der Waals surface area contributed by atoms with Crippen molar-refractivity contribution < 1.29 is 9.47 Å². The predicted molar refractivity (Wildman–Crippen MR) is 79.4 cm³/mol. The van der Waals surface area contributed by atoms with E-state index in [1.807, 2.05) is 38.2 Å². The van der Waals surface area contributed by atoms with Gasteiger partial charge in [-0.2, -0.15) is 0 Å². The fourth-order valence-corrected chi connectivity index (χ4v) is 2.27. The highest BCUT2D eigenvalue weighted by Gasteiger charge is 2.18. The maximum atomic E-state index is 5.40. The lowest BCUT2D eigenvalue weighted by molar-refractivity contribution is 0.400. The molecule has 1 atom stereocenters. The Kier molecular flexibility index (Phi) is 4.58. The number of hydrogen-bond donors (Lipinski definition) is 1. The summed E-state index contributed by atoms with van der Waals surface area (Å²) in [5.74, 6) is 1.64. The lowest BCUT2D eigenvalue weighted by Crippen LogP contribution is -2.19. The molecule has 4 nitrogen and oxygen atoms in total. The van der Waals surface area contributed by atoms with E-state index in [2.05, 4.69) is 16.4 Å². The zero-order valence-corrected chi connectivity index (χ0v) is 12.3. The van der Waals surface area contributed by atoms with Gasteiger partial charge in [0.1, 0.15) is 17.2 Å². The van der Waals surface area contributed by atoms with E-state index in [4.69, 9.17) is 9.47 Å². The van der Waals surface area contributed by atoms with Gasteiger partial charge in [0.25, 0.3) is 0 Å². The molecule has 4 heteroatoms. The molecule has 0 aliphatic rings. The highest BCUT2D eigenvalue weighted by Crippen LogP contribution is 2.30. The molecule has 2 aromatic rings. The average Bonchev–Trinajstić information content (AvgIpc) is 2.50. The van der Waals surface area contributed by atoms with E-state index < -0.39 is 0 Å². The van der Waals surface area contributed by atoms with Gasteiger partial charge in [0, 0.05) is 6.20 Å². The Labute approximate surface area is 119 Å². The van der Waals surface area contributed by atoms with Crippen LogP contribution in [-0.2, 0) is 0 Å². The summed E-state index contributed by atoms with van der Waals surface area (Å²) in [6, 6.07) is 9.90. The van der Waals surface area contributed by atoms with E-state index in [1.165, 1.54) is 0 Å². The van der Waals surface area contributed by atoms with Gasteiger partial charge in [-0.3, -0.25) is 4.98 Å². The molecule has 1 unspecified atom stereocenters. The number of rotatable bonds is 5. The van der Waals surface area contributed by atoms with Gasteiger partial charge >= 0.3 is 0 Å². The summed E-state index contributed by atoms with van der Waals surface area (Å²) in [5.41, 5.74) is 3.06. The smallest absolute Gasteiger partial charge is 0.142 e. The van der Waals surface area contributed by atoms with Crippen LogP contribution in [0.3, 0.4) is 0 Å².